The maximum Gasteiger partial charge on any atom is 0.227 e. The van der Waals surface area contributed by atoms with E-state index in [1.165, 1.54) is 19.3 Å². The number of anilines is 1. The van der Waals surface area contributed by atoms with Crippen LogP contribution in [-0.4, -0.2) is 5.91 Å². The number of amides is 1. The lowest BCUT2D eigenvalue weighted by Gasteiger charge is -2.20. The summed E-state index contributed by atoms with van der Waals surface area (Å²) in [5.41, 5.74) is 0.912. The number of carbonyl (C=O) groups excluding carboxylic acids is 1. The van der Waals surface area contributed by atoms with Gasteiger partial charge < -0.3 is 5.32 Å². The van der Waals surface area contributed by atoms with Crippen molar-refractivity contribution in [1.29, 1.82) is 0 Å². The molecule has 0 saturated heterocycles. The first kappa shape index (κ1) is 12.9. The fourth-order valence-corrected chi connectivity index (χ4v) is 4.14. The van der Waals surface area contributed by atoms with E-state index in [0.29, 0.717) is 5.92 Å². The minimum atomic E-state index is 0.223. The third-order valence-electron chi connectivity index (χ3n) is 4.26. The van der Waals surface area contributed by atoms with E-state index in [1.54, 1.807) is 0 Å². The summed E-state index contributed by atoms with van der Waals surface area (Å²) in [6.07, 6.45) is 4.96. The summed E-state index contributed by atoms with van der Waals surface area (Å²) in [4.78, 5) is 12.3. The van der Waals surface area contributed by atoms with Gasteiger partial charge in [0.2, 0.25) is 5.91 Å². The molecule has 0 aromatic heterocycles. The summed E-state index contributed by atoms with van der Waals surface area (Å²) < 4.78 is 2.19. The Labute approximate surface area is 129 Å². The van der Waals surface area contributed by atoms with Crippen LogP contribution in [0.4, 0.5) is 5.69 Å². The van der Waals surface area contributed by atoms with Gasteiger partial charge in [0, 0.05) is 19.6 Å². The summed E-state index contributed by atoms with van der Waals surface area (Å²) in [6.45, 7) is 0. The van der Waals surface area contributed by atoms with Crippen molar-refractivity contribution in [2.75, 3.05) is 5.32 Å². The van der Waals surface area contributed by atoms with Crippen LogP contribution < -0.4 is 5.32 Å². The lowest BCUT2D eigenvalue weighted by atomic mass is 9.88. The van der Waals surface area contributed by atoms with E-state index < -0.39 is 0 Å². The van der Waals surface area contributed by atoms with E-state index in [2.05, 4.69) is 43.8 Å². The van der Waals surface area contributed by atoms with E-state index in [1.807, 2.05) is 18.2 Å². The first-order valence-corrected chi connectivity index (χ1v) is 8.26. The first-order chi connectivity index (χ1) is 8.63. The van der Waals surface area contributed by atoms with Gasteiger partial charge in [0.15, 0.2) is 0 Å². The predicted octanol–water partition coefficient (Wildman–Crippen LogP) is 4.43. The van der Waals surface area contributed by atoms with E-state index >= 15 is 0 Å². The van der Waals surface area contributed by atoms with Crippen molar-refractivity contribution < 1.29 is 4.79 Å². The smallest absolute Gasteiger partial charge is 0.227 e. The largest absolute Gasteiger partial charge is 0.326 e. The second-order valence-electron chi connectivity index (χ2n) is 5.40. The maximum atomic E-state index is 12.3. The van der Waals surface area contributed by atoms with Crippen molar-refractivity contribution in [3.63, 3.8) is 0 Å². The summed E-state index contributed by atoms with van der Waals surface area (Å²) in [5, 5.41) is 3.07. The van der Waals surface area contributed by atoms with Crippen molar-refractivity contribution in [3.05, 3.63) is 26.2 Å². The molecule has 4 heteroatoms. The Hall–Kier alpha value is -0.100. The van der Waals surface area contributed by atoms with Gasteiger partial charge in [0.25, 0.3) is 0 Å². The van der Waals surface area contributed by atoms with Crippen LogP contribution in [0, 0.1) is 21.3 Å². The van der Waals surface area contributed by atoms with Gasteiger partial charge in [-0.3, -0.25) is 4.79 Å². The second kappa shape index (κ2) is 5.12. The molecule has 2 nitrogen and oxygen atoms in total. The molecular weight excluding hydrogens is 405 g/mol. The Bertz CT molecular complexity index is 491. The number of nitrogens with one attached hydrogen (secondary N) is 1. The molecule has 0 aliphatic heterocycles. The molecule has 1 aromatic carbocycles. The summed E-state index contributed by atoms with van der Waals surface area (Å²) in [5.74, 6) is 1.94. The van der Waals surface area contributed by atoms with E-state index in [0.717, 1.165) is 26.1 Å². The molecule has 0 radical (unpaired) electrons. The molecule has 3 rings (SSSR count). The predicted molar refractivity (Wildman–Crippen MR) is 84.4 cm³/mol. The van der Waals surface area contributed by atoms with Crippen molar-refractivity contribution in [2.45, 2.75) is 25.7 Å². The maximum absolute atomic E-state index is 12.3. The van der Waals surface area contributed by atoms with Gasteiger partial charge in [-0.25, -0.2) is 0 Å². The quantitative estimate of drug-likeness (QED) is 0.706. The van der Waals surface area contributed by atoms with Gasteiger partial charge in [-0.1, -0.05) is 6.42 Å². The molecule has 3 atom stereocenters. The SMILES string of the molecule is O=C(Nc1ccc(Br)c(I)c1)C1CC2CCC1C2. The topological polar surface area (TPSA) is 29.1 Å². The number of hydrogen-bond acceptors (Lipinski definition) is 1. The van der Waals surface area contributed by atoms with Crippen LogP contribution >= 0.6 is 38.5 Å². The molecule has 2 fully saturated rings. The molecule has 0 spiro atoms. The van der Waals surface area contributed by atoms with Crippen LogP contribution in [0.5, 0.6) is 0 Å². The molecule has 1 aromatic rings. The Morgan fingerprint density at radius 2 is 2.17 bits per heavy atom. The van der Waals surface area contributed by atoms with E-state index in [4.69, 9.17) is 0 Å². The zero-order chi connectivity index (χ0) is 12.7. The average Bonchev–Trinajstić information content (AvgIpc) is 2.96. The highest BCUT2D eigenvalue weighted by molar-refractivity contribution is 14.1. The first-order valence-electron chi connectivity index (χ1n) is 6.39. The van der Waals surface area contributed by atoms with Gasteiger partial charge in [0.05, 0.1) is 0 Å². The molecule has 1 N–H and O–H groups in total. The van der Waals surface area contributed by atoms with E-state index in [9.17, 15) is 4.79 Å². The zero-order valence-corrected chi connectivity index (χ0v) is 13.7. The molecule has 1 amide bonds. The number of rotatable bonds is 2. The summed E-state index contributed by atoms with van der Waals surface area (Å²) >= 11 is 5.73. The lowest BCUT2D eigenvalue weighted by molar-refractivity contribution is -0.121. The zero-order valence-electron chi connectivity index (χ0n) is 9.96. The third-order valence-corrected chi connectivity index (χ3v) is 6.59. The molecule has 0 heterocycles. The molecule has 18 heavy (non-hydrogen) atoms. The Morgan fingerprint density at radius 1 is 1.33 bits per heavy atom. The molecule has 2 aliphatic carbocycles. The average molecular weight is 420 g/mol. The number of benzene rings is 1. The number of carbonyl (C=O) groups is 1. The summed E-state index contributed by atoms with van der Waals surface area (Å²) in [6, 6.07) is 5.95. The minimum Gasteiger partial charge on any atom is -0.326 e. The van der Waals surface area contributed by atoms with Crippen LogP contribution in [-0.2, 0) is 4.79 Å². The number of hydrogen-bond donors (Lipinski definition) is 1. The van der Waals surface area contributed by atoms with Crippen molar-refractivity contribution in [1.82, 2.24) is 0 Å². The Kier molecular flexibility index (Phi) is 3.67. The third kappa shape index (κ3) is 2.46. The van der Waals surface area contributed by atoms with Crippen LogP contribution in [0.2, 0.25) is 0 Å². The minimum absolute atomic E-state index is 0.223. The summed E-state index contributed by atoms with van der Waals surface area (Å²) in [7, 11) is 0. The lowest BCUT2D eigenvalue weighted by Crippen LogP contribution is -2.27. The molecule has 2 saturated carbocycles. The Balaban J connectivity index is 1.69. The molecule has 3 unspecified atom stereocenters. The van der Waals surface area contributed by atoms with Gasteiger partial charge in [-0.05, 0) is 87.8 Å². The van der Waals surface area contributed by atoms with Gasteiger partial charge >= 0.3 is 0 Å². The fraction of sp³-hybridized carbons (Fsp3) is 0.500. The standard InChI is InChI=1S/C14H15BrINO/c15-12-4-3-10(7-13(12)16)17-14(18)11-6-8-1-2-9(11)5-8/h3-4,7-9,11H,1-2,5-6H2,(H,17,18). The van der Waals surface area contributed by atoms with E-state index in [-0.39, 0.29) is 11.8 Å². The molecular formula is C14H15BrINO. The van der Waals surface area contributed by atoms with Gasteiger partial charge in [0.1, 0.15) is 0 Å². The van der Waals surface area contributed by atoms with Crippen molar-refractivity contribution in [2.24, 2.45) is 17.8 Å². The van der Waals surface area contributed by atoms with Crippen molar-refractivity contribution >= 4 is 50.1 Å². The van der Waals surface area contributed by atoms with Crippen molar-refractivity contribution in [3.8, 4) is 0 Å². The van der Waals surface area contributed by atoms with Crippen LogP contribution in [0.1, 0.15) is 25.7 Å². The highest BCUT2D eigenvalue weighted by Gasteiger charge is 2.42. The molecule has 96 valence electrons. The van der Waals surface area contributed by atoms with Gasteiger partial charge in [-0.2, -0.15) is 0 Å². The highest BCUT2D eigenvalue weighted by atomic mass is 127. The molecule has 2 aliphatic rings. The fourth-order valence-electron chi connectivity index (χ4n) is 3.37. The monoisotopic (exact) mass is 419 g/mol. The normalized spacial score (nSPS) is 29.6. The van der Waals surface area contributed by atoms with Gasteiger partial charge in [-0.15, -0.1) is 0 Å². The number of fused-ring (bicyclic) bond motifs is 2. The Morgan fingerprint density at radius 3 is 2.78 bits per heavy atom. The van der Waals surface area contributed by atoms with Crippen LogP contribution in [0.25, 0.3) is 0 Å². The van der Waals surface area contributed by atoms with Crippen LogP contribution in [0.3, 0.4) is 0 Å². The molecule has 2 bridgehead atoms. The second-order valence-corrected chi connectivity index (χ2v) is 7.42. The highest BCUT2D eigenvalue weighted by Crippen LogP contribution is 2.48. The van der Waals surface area contributed by atoms with Crippen LogP contribution in [0.15, 0.2) is 22.7 Å². The number of halogens is 2.